The molecule has 1 fully saturated rings. The Hall–Kier alpha value is -2.30. The topological polar surface area (TPSA) is 103 Å². The molecule has 10 heteroatoms. The van der Waals surface area contributed by atoms with Crippen LogP contribution in [0.5, 0.6) is 17.2 Å². The first-order valence-electron chi connectivity index (χ1n) is 9.85. The van der Waals surface area contributed by atoms with Gasteiger partial charge in [-0.2, -0.15) is 4.31 Å². The number of hydrogen-bond donors (Lipinski definition) is 1. The molecule has 166 valence electrons. The molecule has 1 aromatic carbocycles. The summed E-state index contributed by atoms with van der Waals surface area (Å²) >= 11 is 0. The first kappa shape index (κ1) is 22.4. The first-order chi connectivity index (χ1) is 14.3. The van der Waals surface area contributed by atoms with Crippen LogP contribution in [0, 0.1) is 0 Å². The predicted molar refractivity (Wildman–Crippen MR) is 111 cm³/mol. The zero-order valence-electron chi connectivity index (χ0n) is 17.4. The highest BCUT2D eigenvalue weighted by molar-refractivity contribution is 7.89. The number of ether oxygens (including phenoxy) is 4. The minimum Gasteiger partial charge on any atom is -0.493 e. The van der Waals surface area contributed by atoms with Crippen LogP contribution < -0.4 is 19.5 Å². The number of nitrogens with one attached hydrogen (secondary N) is 1. The molecule has 0 aromatic heterocycles. The minimum atomic E-state index is -3.46. The van der Waals surface area contributed by atoms with Crippen molar-refractivity contribution in [3.63, 3.8) is 0 Å². The Morgan fingerprint density at radius 1 is 1.23 bits per heavy atom. The summed E-state index contributed by atoms with van der Waals surface area (Å²) < 4.78 is 48.4. The lowest BCUT2D eigenvalue weighted by molar-refractivity contribution is -0.116. The Labute approximate surface area is 177 Å². The molecular weight excluding hydrogens is 412 g/mol. The molecule has 2 heterocycles. The van der Waals surface area contributed by atoms with E-state index in [2.05, 4.69) is 5.32 Å². The van der Waals surface area contributed by atoms with Crippen molar-refractivity contribution < 1.29 is 32.2 Å². The van der Waals surface area contributed by atoms with E-state index in [0.717, 1.165) is 0 Å². The third-order valence-corrected chi connectivity index (χ3v) is 6.52. The van der Waals surface area contributed by atoms with Gasteiger partial charge in [-0.15, -0.1) is 0 Å². The van der Waals surface area contributed by atoms with E-state index < -0.39 is 10.0 Å². The fourth-order valence-electron chi connectivity index (χ4n) is 3.41. The normalized spacial score (nSPS) is 22.1. The van der Waals surface area contributed by atoms with Gasteiger partial charge in [0.05, 0.1) is 25.1 Å². The highest BCUT2D eigenvalue weighted by Crippen LogP contribution is 2.40. The Bertz CT molecular complexity index is 873. The van der Waals surface area contributed by atoms with Crippen LogP contribution >= 0.6 is 0 Å². The molecule has 2 atom stereocenters. The van der Waals surface area contributed by atoms with Crippen molar-refractivity contribution in [3.8, 4) is 17.2 Å². The number of morpholine rings is 1. The van der Waals surface area contributed by atoms with Gasteiger partial charge in [0.15, 0.2) is 11.5 Å². The van der Waals surface area contributed by atoms with Crippen LogP contribution in [0.1, 0.15) is 19.4 Å². The summed E-state index contributed by atoms with van der Waals surface area (Å²) in [5.74, 6) is 1.07. The monoisotopic (exact) mass is 440 g/mol. The van der Waals surface area contributed by atoms with Gasteiger partial charge in [0.1, 0.15) is 13.2 Å². The Morgan fingerprint density at radius 2 is 1.93 bits per heavy atom. The SMILES string of the molecule is COc1cc(/C=C/C(=O)NCCS(=O)(=O)N2CC(C)OC(C)C2)cc2c1OCCO2. The number of amides is 1. The lowest BCUT2D eigenvalue weighted by Crippen LogP contribution is -2.49. The van der Waals surface area contributed by atoms with Crippen molar-refractivity contribution in [2.45, 2.75) is 26.1 Å². The third-order valence-electron chi connectivity index (χ3n) is 4.72. The van der Waals surface area contributed by atoms with Crippen molar-refractivity contribution in [1.29, 1.82) is 0 Å². The van der Waals surface area contributed by atoms with Crippen molar-refractivity contribution in [3.05, 3.63) is 23.8 Å². The van der Waals surface area contributed by atoms with Crippen LogP contribution in [0.3, 0.4) is 0 Å². The molecule has 2 aliphatic heterocycles. The Kier molecular flexibility index (Phi) is 7.22. The number of carbonyl (C=O) groups is 1. The van der Waals surface area contributed by atoms with Gasteiger partial charge in [0.2, 0.25) is 21.7 Å². The molecule has 30 heavy (non-hydrogen) atoms. The number of fused-ring (bicyclic) bond motifs is 1. The van der Waals surface area contributed by atoms with Gasteiger partial charge in [-0.3, -0.25) is 4.79 Å². The van der Waals surface area contributed by atoms with E-state index in [1.165, 1.54) is 17.5 Å². The molecule has 1 amide bonds. The largest absolute Gasteiger partial charge is 0.493 e. The number of rotatable bonds is 7. The average molecular weight is 441 g/mol. The van der Waals surface area contributed by atoms with E-state index in [4.69, 9.17) is 18.9 Å². The van der Waals surface area contributed by atoms with Crippen LogP contribution in [-0.2, 0) is 19.6 Å². The maximum absolute atomic E-state index is 12.5. The van der Waals surface area contributed by atoms with Crippen molar-refractivity contribution in [2.75, 3.05) is 45.7 Å². The van der Waals surface area contributed by atoms with E-state index in [0.29, 0.717) is 49.1 Å². The zero-order valence-corrected chi connectivity index (χ0v) is 18.2. The van der Waals surface area contributed by atoms with Crippen molar-refractivity contribution in [2.24, 2.45) is 0 Å². The molecule has 0 saturated carbocycles. The van der Waals surface area contributed by atoms with Gasteiger partial charge < -0.3 is 24.3 Å². The molecule has 2 aliphatic rings. The second-order valence-electron chi connectivity index (χ2n) is 7.26. The summed E-state index contributed by atoms with van der Waals surface area (Å²) in [5.41, 5.74) is 0.704. The Balaban J connectivity index is 1.54. The molecule has 0 radical (unpaired) electrons. The number of carbonyl (C=O) groups excluding carboxylic acids is 1. The van der Waals surface area contributed by atoms with Gasteiger partial charge >= 0.3 is 0 Å². The molecule has 0 aliphatic carbocycles. The number of benzene rings is 1. The average Bonchev–Trinajstić information content (AvgIpc) is 2.70. The maximum Gasteiger partial charge on any atom is 0.244 e. The fraction of sp³-hybridized carbons (Fsp3) is 0.550. The molecule has 3 rings (SSSR count). The van der Waals surface area contributed by atoms with Gasteiger partial charge in [-0.05, 0) is 37.6 Å². The van der Waals surface area contributed by atoms with Crippen LogP contribution in [0.15, 0.2) is 18.2 Å². The van der Waals surface area contributed by atoms with Crippen molar-refractivity contribution in [1.82, 2.24) is 9.62 Å². The Morgan fingerprint density at radius 3 is 2.63 bits per heavy atom. The van der Waals surface area contributed by atoms with Crippen LogP contribution in [0.25, 0.3) is 6.08 Å². The molecule has 2 unspecified atom stereocenters. The van der Waals surface area contributed by atoms with E-state index in [9.17, 15) is 13.2 Å². The van der Waals surface area contributed by atoms with Crippen molar-refractivity contribution >= 4 is 22.0 Å². The molecule has 1 N–H and O–H groups in total. The first-order valence-corrected chi connectivity index (χ1v) is 11.5. The molecule has 9 nitrogen and oxygen atoms in total. The number of methoxy groups -OCH3 is 1. The van der Waals surface area contributed by atoms with Gasteiger partial charge in [0.25, 0.3) is 0 Å². The van der Waals surface area contributed by atoms with E-state index >= 15 is 0 Å². The quantitative estimate of drug-likeness (QED) is 0.632. The third kappa shape index (κ3) is 5.65. The predicted octanol–water partition coefficient (Wildman–Crippen LogP) is 1.03. The number of sulfonamides is 1. The minimum absolute atomic E-state index is 0.0239. The molecule has 1 saturated heterocycles. The van der Waals surface area contributed by atoms with Gasteiger partial charge in [-0.1, -0.05) is 0 Å². The van der Waals surface area contributed by atoms with Crippen LogP contribution in [0.4, 0.5) is 0 Å². The second kappa shape index (κ2) is 9.67. The maximum atomic E-state index is 12.5. The number of nitrogens with zero attached hydrogens (tertiary/aromatic N) is 1. The van der Waals surface area contributed by atoms with Crippen LogP contribution in [0.2, 0.25) is 0 Å². The second-order valence-corrected chi connectivity index (χ2v) is 9.35. The smallest absolute Gasteiger partial charge is 0.244 e. The lowest BCUT2D eigenvalue weighted by Gasteiger charge is -2.34. The molecule has 0 bridgehead atoms. The molecule has 0 spiro atoms. The summed E-state index contributed by atoms with van der Waals surface area (Å²) in [6.45, 7) is 5.26. The highest BCUT2D eigenvalue weighted by Gasteiger charge is 2.30. The summed E-state index contributed by atoms with van der Waals surface area (Å²) in [6.07, 6.45) is 2.65. The summed E-state index contributed by atoms with van der Waals surface area (Å²) in [4.78, 5) is 12.1. The standard InChI is InChI=1S/C20H28N2O7S/c1-14-12-22(13-15(2)29-14)30(24,25)9-6-21-19(23)5-4-16-10-17(26-3)20-18(11-16)27-7-8-28-20/h4-5,10-11,14-15H,6-9,12-13H2,1-3H3,(H,21,23)/b5-4+. The summed E-state index contributed by atoms with van der Waals surface area (Å²) in [6, 6.07) is 3.49. The number of hydrogen-bond acceptors (Lipinski definition) is 7. The highest BCUT2D eigenvalue weighted by atomic mass is 32.2. The van der Waals surface area contributed by atoms with Gasteiger partial charge in [0, 0.05) is 25.7 Å². The van der Waals surface area contributed by atoms with E-state index in [1.54, 1.807) is 18.2 Å². The van der Waals surface area contributed by atoms with E-state index in [1.807, 2.05) is 13.8 Å². The molecule has 1 aromatic rings. The molecular formula is C20H28N2O7S. The fourth-order valence-corrected chi connectivity index (χ4v) is 4.90. The van der Waals surface area contributed by atoms with Crippen LogP contribution in [-0.4, -0.2) is 76.5 Å². The summed E-state index contributed by atoms with van der Waals surface area (Å²) in [7, 11) is -1.93. The lowest BCUT2D eigenvalue weighted by atomic mass is 10.1. The van der Waals surface area contributed by atoms with Gasteiger partial charge in [-0.25, -0.2) is 8.42 Å². The zero-order chi connectivity index (χ0) is 21.7. The van der Waals surface area contributed by atoms with E-state index in [-0.39, 0.29) is 30.4 Å². The summed E-state index contributed by atoms with van der Waals surface area (Å²) in [5, 5.41) is 2.61.